The van der Waals surface area contributed by atoms with Crippen LogP contribution in [-0.4, -0.2) is 37.3 Å². The van der Waals surface area contributed by atoms with E-state index in [-0.39, 0.29) is 15.6 Å². The van der Waals surface area contributed by atoms with Crippen molar-refractivity contribution in [1.29, 1.82) is 0 Å². The summed E-state index contributed by atoms with van der Waals surface area (Å²) in [7, 11) is -1.07. The largest absolute Gasteiger partial charge is 0.322 e. The number of carbonyl (C=O) groups excluding carboxylic acids is 1. The summed E-state index contributed by atoms with van der Waals surface area (Å²) in [6.07, 6.45) is 1.06. The maximum absolute atomic E-state index is 13.6. The maximum Gasteiger partial charge on any atom is 0.251 e. The molecule has 0 radical (unpaired) electrons. The highest BCUT2D eigenvalue weighted by Gasteiger charge is 2.19. The van der Waals surface area contributed by atoms with Crippen molar-refractivity contribution >= 4 is 33.2 Å². The fourth-order valence-electron chi connectivity index (χ4n) is 1.93. The van der Waals surface area contributed by atoms with Crippen molar-refractivity contribution in [3.8, 4) is 0 Å². The SMILES string of the molecule is CN(C)S(=O)(=O)c1ccc(=O)n(CC(=O)Nc2cc(Cl)ccc2F)c1. The Balaban J connectivity index is 2.26. The second kappa shape index (κ2) is 7.34. The zero-order chi connectivity index (χ0) is 18.8. The average molecular weight is 388 g/mol. The number of nitrogens with one attached hydrogen (secondary N) is 1. The van der Waals surface area contributed by atoms with E-state index in [1.165, 1.54) is 26.2 Å². The summed E-state index contributed by atoms with van der Waals surface area (Å²) < 4.78 is 39.7. The van der Waals surface area contributed by atoms with Gasteiger partial charge in [0.1, 0.15) is 12.4 Å². The van der Waals surface area contributed by atoms with Gasteiger partial charge in [-0.1, -0.05) is 11.6 Å². The molecule has 0 fully saturated rings. The number of halogens is 2. The number of anilines is 1. The smallest absolute Gasteiger partial charge is 0.251 e. The number of pyridine rings is 1. The molecule has 25 heavy (non-hydrogen) atoms. The van der Waals surface area contributed by atoms with Crippen molar-refractivity contribution in [3.63, 3.8) is 0 Å². The highest BCUT2D eigenvalue weighted by Crippen LogP contribution is 2.19. The Bertz CT molecular complexity index is 973. The van der Waals surface area contributed by atoms with E-state index in [0.29, 0.717) is 0 Å². The van der Waals surface area contributed by atoms with Crippen molar-refractivity contribution in [2.75, 3.05) is 19.4 Å². The molecule has 0 saturated heterocycles. The number of amides is 1. The lowest BCUT2D eigenvalue weighted by Crippen LogP contribution is -2.29. The van der Waals surface area contributed by atoms with Crippen LogP contribution in [0.3, 0.4) is 0 Å². The second-order valence-electron chi connectivity index (χ2n) is 5.29. The Morgan fingerprint density at radius 3 is 2.60 bits per heavy atom. The first-order valence-electron chi connectivity index (χ1n) is 6.99. The predicted molar refractivity (Wildman–Crippen MR) is 91.6 cm³/mol. The van der Waals surface area contributed by atoms with Crippen LogP contribution in [0.5, 0.6) is 0 Å². The minimum absolute atomic E-state index is 0.136. The Hall–Kier alpha value is -2.23. The van der Waals surface area contributed by atoms with Crippen LogP contribution in [0.2, 0.25) is 5.02 Å². The fraction of sp³-hybridized carbons (Fsp3) is 0.200. The molecule has 0 atom stereocenters. The molecule has 134 valence electrons. The number of sulfonamides is 1. The number of hydrogen-bond acceptors (Lipinski definition) is 4. The van der Waals surface area contributed by atoms with Gasteiger partial charge in [-0.2, -0.15) is 0 Å². The van der Waals surface area contributed by atoms with Gasteiger partial charge in [-0.3, -0.25) is 9.59 Å². The summed E-state index contributed by atoms with van der Waals surface area (Å²) in [5.74, 6) is -1.39. The van der Waals surface area contributed by atoms with Crippen LogP contribution < -0.4 is 10.9 Å². The molecule has 1 amide bonds. The predicted octanol–water partition coefficient (Wildman–Crippen LogP) is 1.53. The van der Waals surface area contributed by atoms with Gasteiger partial charge in [0.25, 0.3) is 5.56 Å². The first-order chi connectivity index (χ1) is 11.6. The van der Waals surface area contributed by atoms with Gasteiger partial charge in [0, 0.05) is 31.4 Å². The molecule has 1 aromatic carbocycles. The van der Waals surface area contributed by atoms with E-state index in [1.807, 2.05) is 0 Å². The second-order valence-corrected chi connectivity index (χ2v) is 7.88. The van der Waals surface area contributed by atoms with Crippen LogP contribution in [0.4, 0.5) is 10.1 Å². The van der Waals surface area contributed by atoms with E-state index in [4.69, 9.17) is 11.6 Å². The van der Waals surface area contributed by atoms with E-state index in [1.54, 1.807) is 0 Å². The lowest BCUT2D eigenvalue weighted by atomic mass is 10.3. The molecule has 1 heterocycles. The van der Waals surface area contributed by atoms with Gasteiger partial charge in [0.2, 0.25) is 15.9 Å². The summed E-state index contributed by atoms with van der Waals surface area (Å²) in [5, 5.41) is 2.52. The third-order valence-electron chi connectivity index (χ3n) is 3.25. The van der Waals surface area contributed by atoms with Gasteiger partial charge in [-0.05, 0) is 24.3 Å². The van der Waals surface area contributed by atoms with Gasteiger partial charge < -0.3 is 9.88 Å². The molecule has 1 N–H and O–H groups in total. The average Bonchev–Trinajstić information content (AvgIpc) is 2.52. The highest BCUT2D eigenvalue weighted by molar-refractivity contribution is 7.89. The topological polar surface area (TPSA) is 88.5 Å². The van der Waals surface area contributed by atoms with E-state index in [2.05, 4.69) is 5.32 Å². The standard InChI is InChI=1S/C15H15ClFN3O4S/c1-19(2)25(23,24)11-4-6-15(22)20(8-11)9-14(21)18-13-7-10(16)3-5-12(13)17/h3-8H,9H2,1-2H3,(H,18,21). The van der Waals surface area contributed by atoms with E-state index in [9.17, 15) is 22.4 Å². The molecule has 0 saturated carbocycles. The summed E-state index contributed by atoms with van der Waals surface area (Å²) >= 11 is 5.74. The molecule has 7 nitrogen and oxygen atoms in total. The van der Waals surface area contributed by atoms with E-state index < -0.39 is 33.9 Å². The van der Waals surface area contributed by atoms with Crippen LogP contribution in [0.1, 0.15) is 0 Å². The molecule has 1 aromatic heterocycles. The van der Waals surface area contributed by atoms with Crippen LogP contribution in [0.15, 0.2) is 46.2 Å². The zero-order valence-electron chi connectivity index (χ0n) is 13.4. The van der Waals surface area contributed by atoms with Gasteiger partial charge in [0.05, 0.1) is 10.6 Å². The molecule has 10 heteroatoms. The van der Waals surface area contributed by atoms with Crippen LogP contribution in [-0.2, 0) is 21.4 Å². The Morgan fingerprint density at radius 1 is 1.28 bits per heavy atom. The highest BCUT2D eigenvalue weighted by atomic mass is 35.5. The minimum Gasteiger partial charge on any atom is -0.322 e. The van der Waals surface area contributed by atoms with E-state index in [0.717, 1.165) is 33.3 Å². The van der Waals surface area contributed by atoms with Crippen LogP contribution in [0, 0.1) is 5.82 Å². The quantitative estimate of drug-likeness (QED) is 0.842. The van der Waals surface area contributed by atoms with E-state index >= 15 is 0 Å². The van der Waals surface area contributed by atoms with Gasteiger partial charge in [0.15, 0.2) is 0 Å². The Kier molecular flexibility index (Phi) is 5.61. The molecule has 0 bridgehead atoms. The Morgan fingerprint density at radius 2 is 1.96 bits per heavy atom. The fourth-order valence-corrected chi connectivity index (χ4v) is 3.03. The molecule has 0 aliphatic rings. The Labute approximate surface area is 148 Å². The van der Waals surface area contributed by atoms with Gasteiger partial charge in [-0.25, -0.2) is 17.1 Å². The third-order valence-corrected chi connectivity index (χ3v) is 5.29. The number of aromatic nitrogens is 1. The summed E-state index contributed by atoms with van der Waals surface area (Å²) in [6, 6.07) is 5.85. The van der Waals surface area contributed by atoms with Crippen LogP contribution >= 0.6 is 11.6 Å². The summed E-state index contributed by atoms with van der Waals surface area (Å²) in [4.78, 5) is 23.8. The normalized spacial score (nSPS) is 11.6. The molecule has 0 unspecified atom stereocenters. The van der Waals surface area contributed by atoms with Gasteiger partial charge >= 0.3 is 0 Å². The first-order valence-corrected chi connectivity index (χ1v) is 8.81. The monoisotopic (exact) mass is 387 g/mol. The third kappa shape index (κ3) is 4.44. The zero-order valence-corrected chi connectivity index (χ0v) is 14.9. The lowest BCUT2D eigenvalue weighted by Gasteiger charge is -2.13. The molecule has 0 aliphatic heterocycles. The number of carbonyl (C=O) groups is 1. The van der Waals surface area contributed by atoms with Crippen LogP contribution in [0.25, 0.3) is 0 Å². The number of rotatable bonds is 5. The molecular weight excluding hydrogens is 373 g/mol. The van der Waals surface area contributed by atoms with Gasteiger partial charge in [-0.15, -0.1) is 0 Å². The summed E-state index contributed by atoms with van der Waals surface area (Å²) in [5.41, 5.74) is -0.706. The number of benzene rings is 1. The van der Waals surface area contributed by atoms with Crippen molar-refractivity contribution in [2.45, 2.75) is 11.4 Å². The molecule has 2 aromatic rings. The summed E-state index contributed by atoms with van der Waals surface area (Å²) in [6.45, 7) is -0.485. The lowest BCUT2D eigenvalue weighted by molar-refractivity contribution is -0.116. The van der Waals surface area contributed by atoms with Crippen molar-refractivity contribution in [3.05, 3.63) is 57.7 Å². The molecule has 0 spiro atoms. The van der Waals surface area contributed by atoms with Crippen molar-refractivity contribution in [1.82, 2.24) is 8.87 Å². The van der Waals surface area contributed by atoms with Crippen molar-refractivity contribution in [2.24, 2.45) is 0 Å². The number of nitrogens with zero attached hydrogens (tertiary/aromatic N) is 2. The molecular formula is C15H15ClFN3O4S. The molecule has 2 rings (SSSR count). The first kappa shape index (κ1) is 19.1. The minimum atomic E-state index is -3.76. The molecule has 0 aliphatic carbocycles. The maximum atomic E-state index is 13.6. The van der Waals surface area contributed by atoms with Crippen molar-refractivity contribution < 1.29 is 17.6 Å². The number of hydrogen-bond donors (Lipinski definition) is 1.